The third kappa shape index (κ3) is 23.5. The van der Waals surface area contributed by atoms with Crippen LogP contribution in [0.4, 0.5) is 4.79 Å². The van der Waals surface area contributed by atoms with E-state index >= 15 is 0 Å². The molecule has 1 rings (SSSR count). The number of amides is 1. The molecule has 7 heteroatoms. The van der Waals surface area contributed by atoms with Gasteiger partial charge in [-0.25, -0.2) is 4.79 Å². The van der Waals surface area contributed by atoms with Gasteiger partial charge in [0, 0.05) is 19.8 Å². The Hall–Kier alpha value is -0.890. The van der Waals surface area contributed by atoms with Crippen molar-refractivity contribution >= 4 is 6.09 Å². The van der Waals surface area contributed by atoms with Crippen LogP contribution in [0.3, 0.4) is 0 Å². The van der Waals surface area contributed by atoms with E-state index in [0.29, 0.717) is 26.4 Å². The summed E-state index contributed by atoms with van der Waals surface area (Å²) in [5, 5.41) is 22.0. The maximum Gasteiger partial charge on any atom is 0.407 e. The average molecular weight is 558 g/mol. The first kappa shape index (κ1) is 36.1. The molecule has 39 heavy (non-hydrogen) atoms. The summed E-state index contributed by atoms with van der Waals surface area (Å²) in [6.07, 6.45) is 23.7. The zero-order valence-corrected chi connectivity index (χ0v) is 25.4. The summed E-state index contributed by atoms with van der Waals surface area (Å²) in [4.78, 5) is 12.3. The van der Waals surface area contributed by atoms with Crippen molar-refractivity contribution in [2.45, 2.75) is 154 Å². The minimum atomic E-state index is -0.458. The maximum atomic E-state index is 12.3. The van der Waals surface area contributed by atoms with Crippen molar-refractivity contribution in [2.75, 3.05) is 39.6 Å². The van der Waals surface area contributed by atoms with Gasteiger partial charge in [-0.15, -0.1) is 0 Å². The van der Waals surface area contributed by atoms with Gasteiger partial charge in [-0.2, -0.15) is 0 Å². The number of hydrogen-bond donors (Lipinski definition) is 3. The molecular formula is C32H63NO6. The van der Waals surface area contributed by atoms with Gasteiger partial charge >= 0.3 is 6.09 Å². The Balaban J connectivity index is 2.20. The topological polar surface area (TPSA) is 97.3 Å². The van der Waals surface area contributed by atoms with E-state index in [9.17, 15) is 9.90 Å². The van der Waals surface area contributed by atoms with Crippen LogP contribution >= 0.6 is 0 Å². The Kier molecular flexibility index (Phi) is 25.3. The van der Waals surface area contributed by atoms with Crippen LogP contribution in [0.2, 0.25) is 0 Å². The molecule has 1 amide bonds. The average Bonchev–Trinajstić information content (AvgIpc) is 2.94. The number of rotatable bonds is 27. The quantitative estimate of drug-likeness (QED) is 0.0916. The number of aliphatic hydroxyl groups is 2. The minimum absolute atomic E-state index is 0.151. The van der Waals surface area contributed by atoms with Crippen LogP contribution in [-0.2, 0) is 14.2 Å². The number of alkyl carbamates (subject to hydrolysis) is 1. The molecule has 0 aliphatic carbocycles. The van der Waals surface area contributed by atoms with Crippen molar-refractivity contribution in [1.29, 1.82) is 0 Å². The van der Waals surface area contributed by atoms with Crippen molar-refractivity contribution in [3.63, 3.8) is 0 Å². The third-order valence-corrected chi connectivity index (χ3v) is 7.75. The number of carbonyl (C=O) groups is 1. The van der Waals surface area contributed by atoms with E-state index in [-0.39, 0.29) is 24.7 Å². The van der Waals surface area contributed by atoms with Gasteiger partial charge in [0.25, 0.3) is 0 Å². The highest BCUT2D eigenvalue weighted by Gasteiger charge is 2.19. The second kappa shape index (κ2) is 27.3. The predicted molar refractivity (Wildman–Crippen MR) is 159 cm³/mol. The van der Waals surface area contributed by atoms with E-state index in [1.807, 2.05) is 0 Å². The molecule has 1 heterocycles. The first-order valence-electron chi connectivity index (χ1n) is 16.5. The molecule has 0 aromatic rings. The summed E-state index contributed by atoms with van der Waals surface area (Å²) in [7, 11) is 0. The van der Waals surface area contributed by atoms with Gasteiger partial charge in [0.1, 0.15) is 6.10 Å². The highest BCUT2D eigenvalue weighted by molar-refractivity contribution is 5.67. The molecule has 0 saturated carbocycles. The van der Waals surface area contributed by atoms with E-state index in [1.165, 1.54) is 77.0 Å². The summed E-state index contributed by atoms with van der Waals surface area (Å²) in [6, 6.07) is 0. The summed E-state index contributed by atoms with van der Waals surface area (Å²) in [5.74, 6) is 0.213. The van der Waals surface area contributed by atoms with Crippen molar-refractivity contribution in [3.05, 3.63) is 0 Å². The molecule has 0 aromatic heterocycles. The fraction of sp³-hybridized carbons (Fsp3) is 0.969. The third-order valence-electron chi connectivity index (χ3n) is 7.75. The predicted octanol–water partition coefficient (Wildman–Crippen LogP) is 7.31. The molecule has 3 atom stereocenters. The van der Waals surface area contributed by atoms with Crippen LogP contribution in [0.1, 0.15) is 142 Å². The smallest absolute Gasteiger partial charge is 0.407 e. The SMILES string of the molecule is CCCCCCCCCCCCCCCC(CNC(=O)OC1CCCOC1)COCC(O)CCCCCCO. The Morgan fingerprint density at radius 1 is 0.846 bits per heavy atom. The maximum absolute atomic E-state index is 12.3. The fourth-order valence-electron chi connectivity index (χ4n) is 5.22. The summed E-state index contributed by atoms with van der Waals surface area (Å²) in [5.41, 5.74) is 0. The van der Waals surface area contributed by atoms with E-state index in [1.54, 1.807) is 0 Å². The zero-order valence-electron chi connectivity index (χ0n) is 25.4. The number of hydrogen-bond acceptors (Lipinski definition) is 6. The molecule has 3 unspecified atom stereocenters. The molecule has 0 aromatic carbocycles. The molecule has 7 nitrogen and oxygen atoms in total. The van der Waals surface area contributed by atoms with E-state index < -0.39 is 6.10 Å². The lowest BCUT2D eigenvalue weighted by Crippen LogP contribution is -2.37. The van der Waals surface area contributed by atoms with Gasteiger partial charge < -0.3 is 29.7 Å². The van der Waals surface area contributed by atoms with Crippen LogP contribution < -0.4 is 5.32 Å². The molecule has 0 radical (unpaired) electrons. The summed E-state index contributed by atoms with van der Waals surface area (Å²) >= 11 is 0. The lowest BCUT2D eigenvalue weighted by Gasteiger charge is -2.23. The first-order valence-corrected chi connectivity index (χ1v) is 16.5. The van der Waals surface area contributed by atoms with Crippen LogP contribution in [0.5, 0.6) is 0 Å². The minimum Gasteiger partial charge on any atom is -0.444 e. The van der Waals surface area contributed by atoms with Gasteiger partial charge in [-0.1, -0.05) is 110 Å². The number of carbonyl (C=O) groups excluding carboxylic acids is 1. The van der Waals surface area contributed by atoms with Crippen LogP contribution in [-0.4, -0.2) is 68.1 Å². The lowest BCUT2D eigenvalue weighted by atomic mass is 10.00. The number of aliphatic hydroxyl groups excluding tert-OH is 2. The number of unbranched alkanes of at least 4 members (excludes halogenated alkanes) is 15. The van der Waals surface area contributed by atoms with Crippen LogP contribution in [0.15, 0.2) is 0 Å². The van der Waals surface area contributed by atoms with Crippen molar-refractivity contribution in [1.82, 2.24) is 5.32 Å². The lowest BCUT2D eigenvalue weighted by molar-refractivity contribution is -0.0174. The summed E-state index contributed by atoms with van der Waals surface area (Å²) < 4.78 is 16.8. The van der Waals surface area contributed by atoms with E-state index in [2.05, 4.69) is 12.2 Å². The molecule has 0 bridgehead atoms. The Morgan fingerprint density at radius 2 is 1.44 bits per heavy atom. The Morgan fingerprint density at radius 3 is 2.03 bits per heavy atom. The standard InChI is InChI=1S/C32H63NO6/c1-2-3-4-5-6-7-8-9-10-11-12-13-16-20-29(25-33-32(36)39-31-22-19-24-37-28-31)26-38-27-30(35)21-17-14-15-18-23-34/h29-31,34-35H,2-28H2,1H3,(H,33,36). The van der Waals surface area contributed by atoms with Crippen molar-refractivity contribution < 1.29 is 29.2 Å². The van der Waals surface area contributed by atoms with Gasteiger partial charge in [-0.3, -0.25) is 0 Å². The van der Waals surface area contributed by atoms with Gasteiger partial charge in [0.05, 0.1) is 25.9 Å². The molecular weight excluding hydrogens is 494 g/mol. The number of ether oxygens (including phenoxy) is 3. The fourth-order valence-corrected chi connectivity index (χ4v) is 5.22. The molecule has 0 spiro atoms. The van der Waals surface area contributed by atoms with Gasteiger partial charge in [0.2, 0.25) is 0 Å². The highest BCUT2D eigenvalue weighted by atomic mass is 16.6. The zero-order chi connectivity index (χ0) is 28.2. The normalized spacial score (nSPS) is 17.2. The van der Waals surface area contributed by atoms with E-state index in [0.717, 1.165) is 64.4 Å². The molecule has 232 valence electrons. The molecule has 1 saturated heterocycles. The highest BCUT2D eigenvalue weighted by Crippen LogP contribution is 2.16. The van der Waals surface area contributed by atoms with Gasteiger partial charge in [-0.05, 0) is 38.0 Å². The molecule has 1 aliphatic heterocycles. The van der Waals surface area contributed by atoms with E-state index in [4.69, 9.17) is 19.3 Å². The van der Waals surface area contributed by atoms with Crippen LogP contribution in [0.25, 0.3) is 0 Å². The van der Waals surface area contributed by atoms with Gasteiger partial charge in [0.15, 0.2) is 0 Å². The largest absolute Gasteiger partial charge is 0.444 e. The van der Waals surface area contributed by atoms with Crippen molar-refractivity contribution in [2.24, 2.45) is 5.92 Å². The molecule has 1 fully saturated rings. The Bertz CT molecular complexity index is 529. The molecule has 3 N–H and O–H groups in total. The van der Waals surface area contributed by atoms with Crippen molar-refractivity contribution in [3.8, 4) is 0 Å². The second-order valence-electron chi connectivity index (χ2n) is 11.6. The first-order chi connectivity index (χ1) is 19.2. The Labute approximate surface area is 240 Å². The molecule has 1 aliphatic rings. The van der Waals surface area contributed by atoms with Crippen LogP contribution in [0, 0.1) is 5.92 Å². The monoisotopic (exact) mass is 557 g/mol. The second-order valence-corrected chi connectivity index (χ2v) is 11.6. The summed E-state index contributed by atoms with van der Waals surface area (Å²) in [6.45, 7) is 5.13. The number of nitrogens with one attached hydrogen (secondary N) is 1.